The van der Waals surface area contributed by atoms with Gasteiger partial charge >= 0.3 is 0 Å². The van der Waals surface area contributed by atoms with Crippen molar-refractivity contribution in [2.45, 2.75) is 6.42 Å². The second-order valence-electron chi connectivity index (χ2n) is 6.20. The van der Waals surface area contributed by atoms with E-state index in [1.807, 2.05) is 49.5 Å². The van der Waals surface area contributed by atoms with Crippen molar-refractivity contribution >= 4 is 38.7 Å². The number of nitrogens with one attached hydrogen (secondary N) is 2. The van der Waals surface area contributed by atoms with E-state index in [1.54, 1.807) is 0 Å². The van der Waals surface area contributed by atoms with Crippen molar-refractivity contribution < 1.29 is 9.63 Å². The Balaban J connectivity index is 1.84. The Kier molecular flexibility index (Phi) is 4.61. The molecule has 0 fully saturated rings. The second kappa shape index (κ2) is 7.05. The number of benzene rings is 2. The van der Waals surface area contributed by atoms with Gasteiger partial charge in [-0.25, -0.2) is 0 Å². The van der Waals surface area contributed by atoms with Gasteiger partial charge in [0.05, 0.1) is 11.3 Å². The Bertz CT molecular complexity index is 950. The van der Waals surface area contributed by atoms with Gasteiger partial charge in [-0.2, -0.15) is 0 Å². The van der Waals surface area contributed by atoms with Crippen molar-refractivity contribution in [3.63, 3.8) is 0 Å². The molecule has 1 aliphatic carbocycles. The summed E-state index contributed by atoms with van der Waals surface area (Å²) in [5, 5.41) is 10.7. The molecule has 0 saturated heterocycles. The fourth-order valence-electron chi connectivity index (χ4n) is 3.28. The van der Waals surface area contributed by atoms with Crippen LogP contribution in [0.1, 0.15) is 16.7 Å². The maximum atomic E-state index is 12.8. The van der Waals surface area contributed by atoms with E-state index < -0.39 is 0 Å². The van der Waals surface area contributed by atoms with Crippen molar-refractivity contribution in [1.29, 1.82) is 0 Å². The first-order valence-electron chi connectivity index (χ1n) is 8.46. The zero-order valence-electron chi connectivity index (χ0n) is 14.3. The van der Waals surface area contributed by atoms with E-state index in [0.717, 1.165) is 32.5 Å². The number of likely N-dealkylation sites (N-methyl/N-ethyl adjacent to an activating group) is 1. The molecule has 0 unspecified atom stereocenters. The van der Waals surface area contributed by atoms with Crippen LogP contribution in [0.3, 0.4) is 0 Å². The summed E-state index contributed by atoms with van der Waals surface area (Å²) in [5.74, 6) is 0.0938. The van der Waals surface area contributed by atoms with Crippen LogP contribution in [0.15, 0.2) is 57.8 Å². The summed E-state index contributed by atoms with van der Waals surface area (Å²) < 4.78 is 0.948. The number of oxime groups is 1. The maximum absolute atomic E-state index is 12.8. The summed E-state index contributed by atoms with van der Waals surface area (Å²) in [6, 6.07) is 13.8. The standard InChI is InChI=1S/C20H18BrN3O2/c1-22-8-9-26-24-19-14-4-2-3-5-16(14)23-20(19)18-15-11-13(21)7-6-12(15)10-17(18)25/h2-7,11,22-23H,8-10H2,1H3/b20-18-,24-19?. The highest BCUT2D eigenvalue weighted by molar-refractivity contribution is 9.10. The number of rotatable bonds is 4. The number of hydrogen-bond donors (Lipinski definition) is 2. The largest absolute Gasteiger partial charge is 0.394 e. The van der Waals surface area contributed by atoms with Crippen molar-refractivity contribution in [2.24, 2.45) is 5.16 Å². The minimum Gasteiger partial charge on any atom is -0.394 e. The van der Waals surface area contributed by atoms with Crippen molar-refractivity contribution in [3.8, 4) is 0 Å². The molecule has 6 heteroatoms. The summed E-state index contributed by atoms with van der Waals surface area (Å²) in [6.45, 7) is 1.16. The first kappa shape index (κ1) is 17.0. The lowest BCUT2D eigenvalue weighted by Crippen LogP contribution is -2.14. The quantitative estimate of drug-likeness (QED) is 0.460. The number of anilines is 1. The van der Waals surface area contributed by atoms with E-state index in [1.165, 1.54) is 0 Å². The zero-order chi connectivity index (χ0) is 18.1. The van der Waals surface area contributed by atoms with Gasteiger partial charge in [0.25, 0.3) is 0 Å². The summed E-state index contributed by atoms with van der Waals surface area (Å²) in [6.07, 6.45) is 0.410. The van der Waals surface area contributed by atoms with Crippen molar-refractivity contribution in [2.75, 3.05) is 25.5 Å². The van der Waals surface area contributed by atoms with Crippen LogP contribution in [0.5, 0.6) is 0 Å². The number of para-hydroxylation sites is 1. The van der Waals surface area contributed by atoms with E-state index in [9.17, 15) is 4.79 Å². The molecule has 5 nitrogen and oxygen atoms in total. The highest BCUT2D eigenvalue weighted by Crippen LogP contribution is 2.39. The third-order valence-corrected chi connectivity index (χ3v) is 4.99. The summed E-state index contributed by atoms with van der Waals surface area (Å²) in [5.41, 5.74) is 5.92. The van der Waals surface area contributed by atoms with E-state index in [0.29, 0.717) is 30.9 Å². The molecule has 0 spiro atoms. The van der Waals surface area contributed by atoms with Gasteiger partial charge < -0.3 is 15.5 Å². The highest BCUT2D eigenvalue weighted by atomic mass is 79.9. The first-order chi connectivity index (χ1) is 12.7. The normalized spacial score (nSPS) is 19.5. The van der Waals surface area contributed by atoms with Crippen LogP contribution >= 0.6 is 15.9 Å². The van der Waals surface area contributed by atoms with Gasteiger partial charge in [0.1, 0.15) is 12.3 Å². The van der Waals surface area contributed by atoms with E-state index in [4.69, 9.17) is 4.84 Å². The monoisotopic (exact) mass is 411 g/mol. The molecule has 1 heterocycles. The van der Waals surface area contributed by atoms with E-state index in [-0.39, 0.29) is 5.78 Å². The van der Waals surface area contributed by atoms with Gasteiger partial charge in [0, 0.05) is 28.7 Å². The number of carbonyl (C=O) groups is 1. The average molecular weight is 412 g/mol. The Morgan fingerprint density at radius 3 is 2.92 bits per heavy atom. The van der Waals surface area contributed by atoms with Crippen LogP contribution in [0.2, 0.25) is 0 Å². The highest BCUT2D eigenvalue weighted by Gasteiger charge is 2.34. The predicted octanol–water partition coefficient (Wildman–Crippen LogP) is 3.35. The molecular weight excluding hydrogens is 394 g/mol. The van der Waals surface area contributed by atoms with Gasteiger partial charge in [-0.05, 0) is 36.4 Å². The van der Waals surface area contributed by atoms with Gasteiger partial charge in [-0.15, -0.1) is 0 Å². The Morgan fingerprint density at radius 1 is 1.23 bits per heavy atom. The average Bonchev–Trinajstić information content (AvgIpc) is 3.15. The maximum Gasteiger partial charge on any atom is 0.170 e. The van der Waals surface area contributed by atoms with Crippen LogP contribution in [-0.4, -0.2) is 31.7 Å². The van der Waals surface area contributed by atoms with Gasteiger partial charge in [-0.3, -0.25) is 4.79 Å². The number of carbonyl (C=O) groups excluding carboxylic acids is 1. The van der Waals surface area contributed by atoms with Crippen LogP contribution < -0.4 is 10.6 Å². The molecule has 132 valence electrons. The summed E-state index contributed by atoms with van der Waals surface area (Å²) in [7, 11) is 1.86. The minimum absolute atomic E-state index is 0.0938. The van der Waals surface area contributed by atoms with Crippen molar-refractivity contribution in [3.05, 3.63) is 69.3 Å². The Labute approximate surface area is 160 Å². The van der Waals surface area contributed by atoms with E-state index >= 15 is 0 Å². The van der Waals surface area contributed by atoms with Crippen LogP contribution in [0.25, 0.3) is 5.57 Å². The molecule has 26 heavy (non-hydrogen) atoms. The second-order valence-corrected chi connectivity index (χ2v) is 7.11. The fraction of sp³-hybridized carbons (Fsp3) is 0.200. The number of halogens is 1. The Morgan fingerprint density at radius 2 is 2.08 bits per heavy atom. The molecule has 2 aliphatic rings. The van der Waals surface area contributed by atoms with Crippen molar-refractivity contribution in [1.82, 2.24) is 5.32 Å². The lowest BCUT2D eigenvalue weighted by molar-refractivity contribution is -0.112. The number of fused-ring (bicyclic) bond motifs is 2. The number of Topliss-reactive ketones (excluding diaryl/α,β-unsaturated/α-hetero) is 1. The van der Waals surface area contributed by atoms with Crippen LogP contribution in [-0.2, 0) is 16.1 Å². The fourth-order valence-corrected chi connectivity index (χ4v) is 3.64. The molecule has 0 bridgehead atoms. The predicted molar refractivity (Wildman–Crippen MR) is 106 cm³/mol. The summed E-state index contributed by atoms with van der Waals surface area (Å²) >= 11 is 3.51. The zero-order valence-corrected chi connectivity index (χ0v) is 15.9. The molecule has 0 amide bonds. The lowest BCUT2D eigenvalue weighted by atomic mass is 10.0. The van der Waals surface area contributed by atoms with Gasteiger partial charge in [0.15, 0.2) is 5.78 Å². The molecule has 2 aromatic carbocycles. The minimum atomic E-state index is 0.0938. The first-order valence-corrected chi connectivity index (χ1v) is 9.26. The summed E-state index contributed by atoms with van der Waals surface area (Å²) in [4.78, 5) is 18.3. The van der Waals surface area contributed by atoms with Crippen LogP contribution in [0, 0.1) is 0 Å². The topological polar surface area (TPSA) is 62.7 Å². The SMILES string of the molecule is CNCCON=C1/C(=C2/C(=O)Cc3ccc(Br)cc32)Nc2ccccc21. The number of ketones is 1. The third-order valence-electron chi connectivity index (χ3n) is 4.50. The smallest absolute Gasteiger partial charge is 0.170 e. The van der Waals surface area contributed by atoms with Gasteiger partial charge in [0.2, 0.25) is 0 Å². The molecule has 4 rings (SSSR count). The van der Waals surface area contributed by atoms with Gasteiger partial charge in [-0.1, -0.05) is 45.4 Å². The molecule has 0 atom stereocenters. The number of allylic oxidation sites excluding steroid dienone is 2. The Hall–Kier alpha value is -2.44. The molecule has 2 aromatic rings. The molecule has 0 saturated carbocycles. The lowest BCUT2D eigenvalue weighted by Gasteiger charge is -2.08. The third kappa shape index (κ3) is 2.95. The molecule has 1 aliphatic heterocycles. The number of hydrogen-bond acceptors (Lipinski definition) is 5. The molecule has 2 N–H and O–H groups in total. The molecule has 0 aromatic heterocycles. The molecular formula is C20H18BrN3O2. The van der Waals surface area contributed by atoms with E-state index in [2.05, 4.69) is 31.7 Å². The van der Waals surface area contributed by atoms with Crippen LogP contribution in [0.4, 0.5) is 5.69 Å². The number of nitrogens with zero attached hydrogens (tertiary/aromatic N) is 1. The molecule has 0 radical (unpaired) electrons.